The summed E-state index contributed by atoms with van der Waals surface area (Å²) in [6.45, 7) is 1.73. The van der Waals surface area contributed by atoms with Crippen molar-refractivity contribution in [3.8, 4) is 0 Å². The molecule has 0 radical (unpaired) electrons. The van der Waals surface area contributed by atoms with Crippen LogP contribution in [0.1, 0.15) is 16.7 Å². The minimum atomic E-state index is -4.91. The van der Waals surface area contributed by atoms with Crippen LogP contribution in [-0.4, -0.2) is 25.9 Å². The van der Waals surface area contributed by atoms with Crippen molar-refractivity contribution in [3.63, 3.8) is 0 Å². The van der Waals surface area contributed by atoms with E-state index in [-0.39, 0.29) is 5.56 Å². The van der Waals surface area contributed by atoms with Crippen LogP contribution in [0.4, 0.5) is 0 Å². The highest BCUT2D eigenvalue weighted by Crippen LogP contribution is 2.37. The van der Waals surface area contributed by atoms with Gasteiger partial charge in [0.05, 0.1) is 0 Å². The Morgan fingerprint density at radius 3 is 2.17 bits per heavy atom. The van der Waals surface area contributed by atoms with Gasteiger partial charge in [-0.3, -0.25) is 9.35 Å². The van der Waals surface area contributed by atoms with Crippen LogP contribution in [0.3, 0.4) is 0 Å². The average molecular weight is 335 g/mol. The summed E-state index contributed by atoms with van der Waals surface area (Å²) in [4.78, 5) is 12.7. The molecule has 2 aromatic carbocycles. The Labute approximate surface area is 135 Å². The maximum absolute atomic E-state index is 12.7. The highest BCUT2D eigenvalue weighted by Gasteiger charge is 2.47. The van der Waals surface area contributed by atoms with Crippen molar-refractivity contribution in [2.75, 3.05) is 7.05 Å². The lowest BCUT2D eigenvalue weighted by Crippen LogP contribution is -2.47. The fourth-order valence-corrected chi connectivity index (χ4v) is 3.09. The van der Waals surface area contributed by atoms with Crippen LogP contribution >= 0.6 is 0 Å². The van der Waals surface area contributed by atoms with Crippen molar-refractivity contribution < 1.29 is 21.9 Å². The molecule has 2 aromatic rings. The summed E-state index contributed by atoms with van der Waals surface area (Å²) in [5.41, 5.74) is -0.771. The summed E-state index contributed by atoms with van der Waals surface area (Å²) in [5.74, 6) is -0.712. The van der Waals surface area contributed by atoms with Gasteiger partial charge in [0.15, 0.2) is 0 Å². The van der Waals surface area contributed by atoms with Crippen LogP contribution in [0, 0.1) is 6.92 Å². The fourth-order valence-electron chi connectivity index (χ4n) is 2.51. The summed E-state index contributed by atoms with van der Waals surface area (Å²) in [6, 6.07) is 14.9. The third-order valence-corrected chi connectivity index (χ3v) is 3.94. The van der Waals surface area contributed by atoms with Crippen molar-refractivity contribution in [2.24, 2.45) is 0 Å². The smallest absolute Gasteiger partial charge is 0.356 e. The second kappa shape index (κ2) is 6.49. The molecule has 1 atom stereocenters. The molecular weight excluding hydrogens is 318 g/mol. The number of rotatable bonds is 5. The molecule has 0 fully saturated rings. The molecule has 0 saturated heterocycles. The summed E-state index contributed by atoms with van der Waals surface area (Å²) in [7, 11) is -3.54. The Balaban J connectivity index is 2.85. The molecule has 0 bridgehead atoms. The highest BCUT2D eigenvalue weighted by molar-refractivity contribution is 7.81. The van der Waals surface area contributed by atoms with E-state index in [1.165, 1.54) is 7.05 Å². The van der Waals surface area contributed by atoms with Crippen molar-refractivity contribution in [3.05, 3.63) is 71.3 Å². The maximum atomic E-state index is 12.7. The third kappa shape index (κ3) is 3.42. The molecule has 2 N–H and O–H groups in total. The Morgan fingerprint density at radius 1 is 1.09 bits per heavy atom. The van der Waals surface area contributed by atoms with Gasteiger partial charge >= 0.3 is 10.4 Å². The summed E-state index contributed by atoms with van der Waals surface area (Å²) >= 11 is 0. The predicted octanol–water partition coefficient (Wildman–Crippen LogP) is 1.80. The van der Waals surface area contributed by atoms with Gasteiger partial charge in [-0.05, 0) is 18.1 Å². The van der Waals surface area contributed by atoms with E-state index in [1.54, 1.807) is 61.5 Å². The number of amides is 1. The van der Waals surface area contributed by atoms with E-state index in [1.807, 2.05) is 0 Å². The van der Waals surface area contributed by atoms with Crippen molar-refractivity contribution >= 4 is 16.3 Å². The standard InChI is InChI=1S/C16H17NO5S/c1-12-8-6-7-11-14(12)16(15(18)17-2,22-23(19,20)21)13-9-4-3-5-10-13/h3-11H,1-2H3,(H,17,18)(H,19,20,21)/t16-/m0/s1. The molecular formula is C16H17NO5S. The zero-order valence-corrected chi connectivity index (χ0v) is 13.5. The number of hydrogen-bond acceptors (Lipinski definition) is 4. The quantitative estimate of drug-likeness (QED) is 0.813. The topological polar surface area (TPSA) is 92.7 Å². The van der Waals surface area contributed by atoms with Gasteiger partial charge in [0.2, 0.25) is 5.60 Å². The SMILES string of the molecule is CNC(=O)[C@](OS(=O)(=O)O)(c1ccccc1)c1ccccc1C. The van der Waals surface area contributed by atoms with Crippen LogP contribution in [0.2, 0.25) is 0 Å². The van der Waals surface area contributed by atoms with Crippen LogP contribution in [0.15, 0.2) is 54.6 Å². The van der Waals surface area contributed by atoms with Gasteiger partial charge in [-0.15, -0.1) is 0 Å². The zero-order valence-electron chi connectivity index (χ0n) is 12.7. The predicted molar refractivity (Wildman–Crippen MR) is 85.1 cm³/mol. The minimum absolute atomic E-state index is 0.284. The monoisotopic (exact) mass is 335 g/mol. The molecule has 0 spiro atoms. The van der Waals surface area contributed by atoms with Gasteiger partial charge < -0.3 is 5.32 Å². The van der Waals surface area contributed by atoms with Gasteiger partial charge in [-0.2, -0.15) is 8.42 Å². The van der Waals surface area contributed by atoms with Gasteiger partial charge in [0.1, 0.15) is 0 Å². The Hall–Kier alpha value is -2.22. The van der Waals surface area contributed by atoms with Gasteiger partial charge in [-0.25, -0.2) is 4.18 Å². The first-order valence-electron chi connectivity index (χ1n) is 6.83. The second-order valence-electron chi connectivity index (χ2n) is 4.95. The van der Waals surface area contributed by atoms with Gasteiger partial charge in [0.25, 0.3) is 5.91 Å². The van der Waals surface area contributed by atoms with Crippen molar-refractivity contribution in [1.29, 1.82) is 0 Å². The minimum Gasteiger partial charge on any atom is -0.356 e. The molecule has 0 heterocycles. The Kier molecular flexibility index (Phi) is 4.84. The van der Waals surface area contributed by atoms with Crippen LogP contribution in [0.25, 0.3) is 0 Å². The number of nitrogens with one attached hydrogen (secondary N) is 1. The average Bonchev–Trinajstić information content (AvgIpc) is 2.52. The molecule has 6 nitrogen and oxygen atoms in total. The van der Waals surface area contributed by atoms with E-state index in [0.717, 1.165) is 0 Å². The molecule has 122 valence electrons. The first-order chi connectivity index (χ1) is 10.8. The molecule has 23 heavy (non-hydrogen) atoms. The van der Waals surface area contributed by atoms with E-state index in [2.05, 4.69) is 5.32 Å². The van der Waals surface area contributed by atoms with Crippen molar-refractivity contribution in [2.45, 2.75) is 12.5 Å². The van der Waals surface area contributed by atoms with Crippen LogP contribution in [0.5, 0.6) is 0 Å². The first kappa shape index (κ1) is 17.1. The number of carbonyl (C=O) groups excluding carboxylic acids is 1. The number of aryl methyl sites for hydroxylation is 1. The normalized spacial score (nSPS) is 14.0. The Morgan fingerprint density at radius 2 is 1.65 bits per heavy atom. The highest BCUT2D eigenvalue weighted by atomic mass is 32.3. The molecule has 2 rings (SSSR count). The zero-order chi connectivity index (χ0) is 17.1. The van der Waals surface area contributed by atoms with E-state index in [4.69, 9.17) is 4.18 Å². The molecule has 0 aliphatic heterocycles. The van der Waals surface area contributed by atoms with Crippen LogP contribution < -0.4 is 5.32 Å². The molecule has 1 amide bonds. The molecule has 7 heteroatoms. The molecule has 0 aliphatic rings. The summed E-state index contributed by atoms with van der Waals surface area (Å²) < 4.78 is 37.2. The summed E-state index contributed by atoms with van der Waals surface area (Å²) in [6.07, 6.45) is 0. The van der Waals surface area contributed by atoms with E-state index >= 15 is 0 Å². The summed E-state index contributed by atoms with van der Waals surface area (Å²) in [5, 5.41) is 2.41. The second-order valence-corrected chi connectivity index (χ2v) is 5.97. The fraction of sp³-hybridized carbons (Fsp3) is 0.188. The van der Waals surface area contributed by atoms with Crippen LogP contribution in [-0.2, 0) is 25.0 Å². The number of likely N-dealkylation sites (N-methyl/N-ethyl adjacent to an activating group) is 1. The number of carbonyl (C=O) groups is 1. The van der Waals surface area contributed by atoms with E-state index < -0.39 is 21.9 Å². The maximum Gasteiger partial charge on any atom is 0.399 e. The molecule has 0 aliphatic carbocycles. The number of benzene rings is 2. The number of hydrogen-bond donors (Lipinski definition) is 2. The Bertz CT molecular complexity index is 804. The molecule has 0 aromatic heterocycles. The van der Waals surface area contributed by atoms with Gasteiger partial charge in [-0.1, -0.05) is 54.6 Å². The lowest BCUT2D eigenvalue weighted by Gasteiger charge is -2.32. The van der Waals surface area contributed by atoms with Crippen molar-refractivity contribution in [1.82, 2.24) is 5.32 Å². The lowest BCUT2D eigenvalue weighted by atomic mass is 9.83. The first-order valence-corrected chi connectivity index (χ1v) is 8.19. The lowest BCUT2D eigenvalue weighted by molar-refractivity contribution is -0.134. The van der Waals surface area contributed by atoms with Gasteiger partial charge in [0, 0.05) is 12.6 Å². The van der Waals surface area contributed by atoms with E-state index in [0.29, 0.717) is 11.1 Å². The largest absolute Gasteiger partial charge is 0.399 e. The molecule has 0 unspecified atom stereocenters. The third-order valence-electron chi connectivity index (χ3n) is 3.48. The molecule has 0 saturated carbocycles. The van der Waals surface area contributed by atoms with E-state index in [9.17, 15) is 17.8 Å².